The van der Waals surface area contributed by atoms with Gasteiger partial charge < -0.3 is 9.84 Å². The van der Waals surface area contributed by atoms with Crippen molar-refractivity contribution in [3.8, 4) is 0 Å². The Morgan fingerprint density at radius 1 is 1.06 bits per heavy atom. The average molecular weight is 312 g/mol. The summed E-state index contributed by atoms with van der Waals surface area (Å²) in [4.78, 5) is 0. The molecule has 0 aliphatic carbocycles. The first kappa shape index (κ1) is 19.1. The highest BCUT2D eigenvalue weighted by Crippen LogP contribution is 2.39. The minimum atomic E-state index is 0. The van der Waals surface area contributed by atoms with Gasteiger partial charge in [0.05, 0.1) is 12.7 Å². The normalized spacial score (nSPS) is 36.2. The van der Waals surface area contributed by atoms with Crippen molar-refractivity contribution in [1.82, 2.24) is 0 Å². The van der Waals surface area contributed by atoms with Crippen LogP contribution >= 0.6 is 33.4 Å². The Morgan fingerprint density at radius 2 is 1.72 bits per heavy atom. The highest BCUT2D eigenvalue weighted by Gasteiger charge is 2.38. The molecule has 1 heterocycles. The summed E-state index contributed by atoms with van der Waals surface area (Å²) in [5.74, 6) is 4.04. The van der Waals surface area contributed by atoms with E-state index >= 15 is 0 Å². The zero-order chi connectivity index (χ0) is 12.8. The molecule has 110 valence electrons. The molecule has 2 nitrogen and oxygen atoms in total. The smallest absolute Gasteiger partial charge is 0.106 e. The van der Waals surface area contributed by atoms with Crippen LogP contribution in [-0.2, 0) is 4.74 Å². The third kappa shape index (κ3) is 5.20. The molecular formula is C13H29O2PS2. The lowest BCUT2D eigenvalue weighted by molar-refractivity contribution is -0.112. The van der Waals surface area contributed by atoms with Gasteiger partial charge in [-0.15, -0.1) is 11.8 Å². The molecule has 0 aromatic heterocycles. The van der Waals surface area contributed by atoms with Gasteiger partial charge in [0, 0.05) is 0 Å². The summed E-state index contributed by atoms with van der Waals surface area (Å²) in [6, 6.07) is 0. The molecule has 0 bridgehead atoms. The van der Waals surface area contributed by atoms with Crippen molar-refractivity contribution < 1.29 is 9.84 Å². The van der Waals surface area contributed by atoms with E-state index in [-0.39, 0.29) is 28.0 Å². The van der Waals surface area contributed by atoms with Crippen LogP contribution in [0.25, 0.3) is 0 Å². The molecule has 1 rings (SSSR count). The zero-order valence-electron chi connectivity index (χ0n) is 12.1. The van der Waals surface area contributed by atoms with Crippen molar-refractivity contribution in [3.05, 3.63) is 0 Å². The van der Waals surface area contributed by atoms with Gasteiger partial charge >= 0.3 is 0 Å². The minimum absolute atomic E-state index is 0. The summed E-state index contributed by atoms with van der Waals surface area (Å²) >= 11 is 3.82. The van der Waals surface area contributed by atoms with Gasteiger partial charge in [-0.2, -0.15) is 21.7 Å². The molecule has 0 aromatic carbocycles. The van der Waals surface area contributed by atoms with Crippen LogP contribution in [0.15, 0.2) is 0 Å². The highest BCUT2D eigenvalue weighted by molar-refractivity contribution is 8.00. The van der Waals surface area contributed by atoms with Crippen LogP contribution in [0.3, 0.4) is 0 Å². The maximum atomic E-state index is 9.36. The second-order valence-corrected chi connectivity index (χ2v) is 7.21. The van der Waals surface area contributed by atoms with E-state index in [1.165, 1.54) is 12.2 Å². The quantitative estimate of drug-likeness (QED) is 0.603. The fourth-order valence-electron chi connectivity index (χ4n) is 2.29. The van der Waals surface area contributed by atoms with Crippen LogP contribution in [0.1, 0.15) is 27.2 Å². The molecule has 0 amide bonds. The van der Waals surface area contributed by atoms with Gasteiger partial charge in [-0.3, -0.25) is 0 Å². The van der Waals surface area contributed by atoms with Gasteiger partial charge in [-0.1, -0.05) is 20.8 Å². The lowest BCUT2D eigenvalue weighted by Crippen LogP contribution is -2.45. The first-order valence-corrected chi connectivity index (χ1v) is 8.93. The molecule has 4 unspecified atom stereocenters. The maximum Gasteiger partial charge on any atom is 0.106 e. The highest BCUT2D eigenvalue weighted by atomic mass is 32.2. The molecule has 0 radical (unpaired) electrons. The second-order valence-electron chi connectivity index (χ2n) is 5.02. The molecule has 1 saturated heterocycles. The average Bonchev–Trinajstić information content (AvgIpc) is 2.34. The largest absolute Gasteiger partial charge is 0.394 e. The molecule has 1 fully saturated rings. The second kappa shape index (κ2) is 9.88. The first-order valence-electron chi connectivity index (χ1n) is 6.48. The van der Waals surface area contributed by atoms with Gasteiger partial charge in [0.2, 0.25) is 0 Å². The van der Waals surface area contributed by atoms with E-state index in [4.69, 9.17) is 4.74 Å². The molecule has 18 heavy (non-hydrogen) atoms. The number of hydrogen-bond acceptors (Lipinski definition) is 4. The molecule has 1 aliphatic heterocycles. The van der Waals surface area contributed by atoms with Crippen LogP contribution < -0.4 is 0 Å². The SMILES string of the molecule is CSCCCS[C@@H]1OC(CO)[C@H](C)C(C)C1C.P. The van der Waals surface area contributed by atoms with Crippen LogP contribution in [0.2, 0.25) is 0 Å². The van der Waals surface area contributed by atoms with Crippen molar-refractivity contribution in [2.75, 3.05) is 24.4 Å². The number of hydrogen-bond donors (Lipinski definition) is 1. The van der Waals surface area contributed by atoms with Crippen molar-refractivity contribution >= 4 is 33.4 Å². The Morgan fingerprint density at radius 3 is 2.28 bits per heavy atom. The Balaban J connectivity index is 0.00000289. The van der Waals surface area contributed by atoms with Crippen LogP contribution in [0, 0.1) is 17.8 Å². The molecule has 6 atom stereocenters. The van der Waals surface area contributed by atoms with Crippen LogP contribution in [-0.4, -0.2) is 41.0 Å². The van der Waals surface area contributed by atoms with E-state index in [0.29, 0.717) is 17.8 Å². The zero-order valence-corrected chi connectivity index (χ0v) is 15.1. The first-order chi connectivity index (χ1) is 8.11. The maximum absolute atomic E-state index is 9.36. The van der Waals surface area contributed by atoms with Crippen LogP contribution in [0.4, 0.5) is 0 Å². The van der Waals surface area contributed by atoms with Gasteiger partial charge in [-0.25, -0.2) is 0 Å². The Bertz CT molecular complexity index is 217. The predicted molar refractivity (Wildman–Crippen MR) is 89.8 cm³/mol. The summed E-state index contributed by atoms with van der Waals surface area (Å²) in [6.45, 7) is 6.91. The van der Waals surface area contributed by atoms with Gasteiger partial charge in [-0.05, 0) is 41.9 Å². The fraction of sp³-hybridized carbons (Fsp3) is 1.00. The molecule has 0 spiro atoms. The molecule has 0 saturated carbocycles. The number of ether oxygens (including phenoxy) is 1. The number of aliphatic hydroxyl groups excluding tert-OH is 1. The Labute approximate surface area is 124 Å². The van der Waals surface area contributed by atoms with Crippen molar-refractivity contribution in [2.24, 2.45) is 17.8 Å². The van der Waals surface area contributed by atoms with Crippen LogP contribution in [0.5, 0.6) is 0 Å². The van der Waals surface area contributed by atoms with E-state index in [0.717, 1.165) is 5.75 Å². The third-order valence-electron chi connectivity index (χ3n) is 3.94. The van der Waals surface area contributed by atoms with Crippen molar-refractivity contribution in [3.63, 3.8) is 0 Å². The Hall–Kier alpha value is 1.05. The third-order valence-corrected chi connectivity index (χ3v) is 6.03. The summed E-state index contributed by atoms with van der Waals surface area (Å²) in [5.41, 5.74) is 0.264. The van der Waals surface area contributed by atoms with E-state index in [1.807, 2.05) is 23.5 Å². The number of rotatable bonds is 6. The molecule has 0 aromatic rings. The molecule has 5 heteroatoms. The van der Waals surface area contributed by atoms with E-state index in [2.05, 4.69) is 27.0 Å². The fourth-order valence-corrected chi connectivity index (χ4v) is 4.22. The monoisotopic (exact) mass is 312 g/mol. The van der Waals surface area contributed by atoms with E-state index < -0.39 is 0 Å². The predicted octanol–water partition coefficient (Wildman–Crippen LogP) is 3.16. The lowest BCUT2D eigenvalue weighted by Gasteiger charge is -2.43. The van der Waals surface area contributed by atoms with Gasteiger partial charge in [0.1, 0.15) is 5.44 Å². The van der Waals surface area contributed by atoms with Crippen molar-refractivity contribution in [1.29, 1.82) is 0 Å². The number of thioether (sulfide) groups is 2. The summed E-state index contributed by atoms with van der Waals surface area (Å²) in [5, 5.41) is 9.36. The van der Waals surface area contributed by atoms with E-state index in [9.17, 15) is 5.11 Å². The Kier molecular flexibility index (Phi) is 10.5. The summed E-state index contributed by atoms with van der Waals surface area (Å²) in [6.07, 6.45) is 3.42. The minimum Gasteiger partial charge on any atom is -0.394 e. The molecule has 1 aliphatic rings. The van der Waals surface area contributed by atoms with Crippen molar-refractivity contribution in [2.45, 2.75) is 38.7 Å². The summed E-state index contributed by atoms with van der Waals surface area (Å²) in [7, 11) is 0. The standard InChI is InChI=1S/C13H26O2S2.H3P/c1-9-10(2)12(8-14)15-13(11(9)3)17-7-5-6-16-4;/h9-14H,5-8H2,1-4H3;1H3/t9?,10-,11?,12?,13+;/m1./s1. The molecular weight excluding hydrogens is 283 g/mol. The summed E-state index contributed by atoms with van der Waals surface area (Å²) < 4.78 is 6.02. The topological polar surface area (TPSA) is 29.5 Å². The van der Waals surface area contributed by atoms with Gasteiger partial charge in [0.25, 0.3) is 0 Å². The lowest BCUT2D eigenvalue weighted by atomic mass is 9.80. The van der Waals surface area contributed by atoms with Gasteiger partial charge in [0.15, 0.2) is 0 Å². The molecule has 1 N–H and O–H groups in total. The van der Waals surface area contributed by atoms with E-state index in [1.54, 1.807) is 0 Å². The number of aliphatic hydroxyl groups is 1.